The number of terminal acetylenes is 1. The van der Waals surface area contributed by atoms with Crippen LogP contribution in [0.15, 0.2) is 12.2 Å². The highest BCUT2D eigenvalue weighted by atomic mass is 16.1. The summed E-state index contributed by atoms with van der Waals surface area (Å²) in [4.78, 5) is 11.7. The van der Waals surface area contributed by atoms with Crippen LogP contribution in [-0.4, -0.2) is 18.1 Å². The van der Waals surface area contributed by atoms with Crippen LogP contribution in [0.25, 0.3) is 0 Å². The molecule has 0 unspecified atom stereocenters. The summed E-state index contributed by atoms with van der Waals surface area (Å²) >= 11 is 0. The lowest BCUT2D eigenvalue weighted by Gasteiger charge is -2.18. The Hall–Kier alpha value is -1.31. The summed E-state index contributed by atoms with van der Waals surface area (Å²) in [5.41, 5.74) is 10.6. The molecule has 0 aromatic heterocycles. The summed E-state index contributed by atoms with van der Waals surface area (Å²) in [6, 6.07) is 0. The van der Waals surface area contributed by atoms with Crippen LogP contribution in [0.1, 0.15) is 96.8 Å². The zero-order chi connectivity index (χ0) is 19.5. The zero-order valence-electron chi connectivity index (χ0n) is 16.9. The number of carbonyl (C=O) groups is 1. The molecule has 0 aliphatic rings. The Balaban J connectivity index is 3.27. The molecular formula is C22H41N3O. The zero-order valence-corrected chi connectivity index (χ0v) is 16.9. The minimum Gasteiger partial charge on any atom is -0.356 e. The van der Waals surface area contributed by atoms with Crippen molar-refractivity contribution in [2.24, 2.45) is 11.5 Å². The van der Waals surface area contributed by atoms with Crippen LogP contribution in [0.2, 0.25) is 0 Å². The van der Waals surface area contributed by atoms with E-state index in [4.69, 9.17) is 17.9 Å². The van der Waals surface area contributed by atoms with E-state index in [1.165, 1.54) is 57.8 Å². The topological polar surface area (TPSA) is 81.1 Å². The first-order chi connectivity index (χ1) is 12.5. The van der Waals surface area contributed by atoms with Gasteiger partial charge in [0.1, 0.15) is 0 Å². The van der Waals surface area contributed by atoms with Gasteiger partial charge in [0.05, 0.1) is 5.66 Å². The van der Waals surface area contributed by atoms with Gasteiger partial charge in [-0.2, -0.15) is 0 Å². The van der Waals surface area contributed by atoms with E-state index < -0.39 is 5.66 Å². The molecule has 0 rings (SSSR count). The van der Waals surface area contributed by atoms with Gasteiger partial charge < -0.3 is 16.8 Å². The molecule has 0 aromatic rings. The molecule has 4 nitrogen and oxygen atoms in total. The number of carbonyl (C=O) groups excluding carboxylic acids is 1. The minimum atomic E-state index is -0.704. The van der Waals surface area contributed by atoms with E-state index >= 15 is 0 Å². The second kappa shape index (κ2) is 17.1. The third kappa shape index (κ3) is 20.7. The number of unbranched alkanes of at least 4 members (excludes halogenated alkanes) is 10. The van der Waals surface area contributed by atoms with Gasteiger partial charge in [-0.1, -0.05) is 44.3 Å². The summed E-state index contributed by atoms with van der Waals surface area (Å²) in [5, 5.41) is 2.87. The van der Waals surface area contributed by atoms with Crippen LogP contribution in [0.4, 0.5) is 0 Å². The number of amides is 1. The molecule has 0 atom stereocenters. The molecule has 0 saturated carbocycles. The number of hydrogen-bond acceptors (Lipinski definition) is 3. The molecule has 26 heavy (non-hydrogen) atoms. The van der Waals surface area contributed by atoms with Gasteiger partial charge in [-0.05, 0) is 51.9 Å². The summed E-state index contributed by atoms with van der Waals surface area (Å²) in [5.74, 6) is 2.80. The Morgan fingerprint density at radius 3 is 2.08 bits per heavy atom. The molecular weight excluding hydrogens is 322 g/mol. The molecule has 0 radical (unpaired) electrons. The Labute approximate surface area is 161 Å². The van der Waals surface area contributed by atoms with Crippen molar-refractivity contribution in [1.29, 1.82) is 0 Å². The van der Waals surface area contributed by atoms with Gasteiger partial charge in [0.2, 0.25) is 5.91 Å². The first-order valence-corrected chi connectivity index (χ1v) is 10.4. The van der Waals surface area contributed by atoms with Crippen molar-refractivity contribution < 1.29 is 4.79 Å². The second-order valence-corrected chi connectivity index (χ2v) is 7.54. The summed E-state index contributed by atoms with van der Waals surface area (Å²) < 4.78 is 0. The van der Waals surface area contributed by atoms with E-state index in [1.807, 2.05) is 0 Å². The number of allylic oxidation sites excluding steroid dienone is 2. The van der Waals surface area contributed by atoms with Gasteiger partial charge in [0.15, 0.2) is 0 Å². The van der Waals surface area contributed by atoms with E-state index in [2.05, 4.69) is 23.4 Å². The Kier molecular flexibility index (Phi) is 16.3. The molecule has 1 amide bonds. The van der Waals surface area contributed by atoms with Crippen molar-refractivity contribution in [3.63, 3.8) is 0 Å². The maximum atomic E-state index is 11.7. The molecule has 0 saturated heterocycles. The van der Waals surface area contributed by atoms with Crippen LogP contribution < -0.4 is 16.8 Å². The maximum absolute atomic E-state index is 11.7. The average molecular weight is 364 g/mol. The Morgan fingerprint density at radius 1 is 0.962 bits per heavy atom. The van der Waals surface area contributed by atoms with Crippen molar-refractivity contribution in [2.75, 3.05) is 6.54 Å². The van der Waals surface area contributed by atoms with Gasteiger partial charge >= 0.3 is 0 Å². The van der Waals surface area contributed by atoms with Gasteiger partial charge in [0, 0.05) is 19.4 Å². The quantitative estimate of drug-likeness (QED) is 0.155. The van der Waals surface area contributed by atoms with Crippen molar-refractivity contribution in [2.45, 2.75) is 102 Å². The van der Waals surface area contributed by atoms with Crippen LogP contribution in [-0.2, 0) is 4.79 Å². The first kappa shape index (κ1) is 24.7. The minimum absolute atomic E-state index is 0.108. The van der Waals surface area contributed by atoms with Crippen LogP contribution in [0.3, 0.4) is 0 Å². The van der Waals surface area contributed by atoms with Gasteiger partial charge in [0.25, 0.3) is 0 Å². The van der Waals surface area contributed by atoms with Crippen LogP contribution in [0.5, 0.6) is 0 Å². The molecule has 0 aliphatic carbocycles. The smallest absolute Gasteiger partial charge is 0.219 e. The molecule has 0 aliphatic heterocycles. The number of nitrogens with two attached hydrogens (primary N) is 2. The lowest BCUT2D eigenvalue weighted by Crippen LogP contribution is -2.48. The molecule has 5 N–H and O–H groups in total. The number of rotatable bonds is 17. The average Bonchev–Trinajstić information content (AvgIpc) is 2.57. The van der Waals surface area contributed by atoms with E-state index in [0.29, 0.717) is 19.4 Å². The normalized spacial score (nSPS) is 11.6. The molecule has 0 spiro atoms. The van der Waals surface area contributed by atoms with Gasteiger partial charge in [-0.15, -0.1) is 12.3 Å². The highest BCUT2D eigenvalue weighted by Crippen LogP contribution is 2.09. The summed E-state index contributed by atoms with van der Waals surface area (Å²) in [7, 11) is 0. The Bertz CT molecular complexity index is 405. The summed E-state index contributed by atoms with van der Waals surface area (Å²) in [6.07, 6.45) is 25.1. The molecule has 0 aromatic carbocycles. The van der Waals surface area contributed by atoms with Crippen molar-refractivity contribution in [3.05, 3.63) is 12.2 Å². The Morgan fingerprint density at radius 2 is 1.50 bits per heavy atom. The lowest BCUT2D eigenvalue weighted by molar-refractivity contribution is -0.121. The fraction of sp³-hybridized carbons (Fsp3) is 0.773. The van der Waals surface area contributed by atoms with Crippen molar-refractivity contribution in [1.82, 2.24) is 5.32 Å². The van der Waals surface area contributed by atoms with E-state index in [-0.39, 0.29) is 5.91 Å². The first-order valence-electron chi connectivity index (χ1n) is 10.4. The van der Waals surface area contributed by atoms with Gasteiger partial charge in [-0.3, -0.25) is 4.79 Å². The predicted octanol–water partition coefficient (Wildman–Crippen LogP) is 4.39. The highest BCUT2D eigenvalue weighted by molar-refractivity contribution is 5.75. The molecule has 150 valence electrons. The largest absolute Gasteiger partial charge is 0.356 e. The van der Waals surface area contributed by atoms with E-state index in [0.717, 1.165) is 19.3 Å². The highest BCUT2D eigenvalue weighted by Gasteiger charge is 2.10. The van der Waals surface area contributed by atoms with E-state index in [9.17, 15) is 4.79 Å². The van der Waals surface area contributed by atoms with Crippen molar-refractivity contribution >= 4 is 5.91 Å². The SMILES string of the molecule is C#CCCCCCC/C=C\CCCCCCCC(=O)NCCC(C)(N)N. The molecule has 0 fully saturated rings. The molecule has 4 heteroatoms. The molecule has 0 heterocycles. The summed E-state index contributed by atoms with van der Waals surface area (Å²) in [6.45, 7) is 2.32. The third-order valence-corrected chi connectivity index (χ3v) is 4.37. The van der Waals surface area contributed by atoms with Crippen LogP contribution in [0, 0.1) is 12.3 Å². The molecule has 0 bridgehead atoms. The van der Waals surface area contributed by atoms with Gasteiger partial charge in [-0.25, -0.2) is 0 Å². The predicted molar refractivity (Wildman–Crippen MR) is 112 cm³/mol. The maximum Gasteiger partial charge on any atom is 0.219 e. The number of hydrogen-bond donors (Lipinski definition) is 3. The lowest BCUT2D eigenvalue weighted by atomic mass is 10.1. The fourth-order valence-corrected chi connectivity index (χ4v) is 2.72. The standard InChI is InChI=1S/C22H41N3O/c1-3-4-5-6-7-8-9-10-11-12-13-14-15-16-17-18-21(26)25-20-19-22(2,23)24/h1,10-11H,4-9,12-20,23-24H2,2H3,(H,25,26)/b11-10-. The fourth-order valence-electron chi connectivity index (χ4n) is 2.72. The van der Waals surface area contributed by atoms with Crippen molar-refractivity contribution in [3.8, 4) is 12.3 Å². The second-order valence-electron chi connectivity index (χ2n) is 7.54. The number of nitrogens with one attached hydrogen (secondary N) is 1. The third-order valence-electron chi connectivity index (χ3n) is 4.37. The van der Waals surface area contributed by atoms with Crippen LogP contribution >= 0.6 is 0 Å². The van der Waals surface area contributed by atoms with E-state index in [1.54, 1.807) is 6.92 Å². The monoisotopic (exact) mass is 363 g/mol.